The molecule has 0 radical (unpaired) electrons. The maximum atomic E-state index is 13.8. The number of benzene rings is 1. The molecule has 204 valence electrons. The van der Waals surface area contributed by atoms with Crippen molar-refractivity contribution in [2.75, 3.05) is 33.5 Å². The highest BCUT2D eigenvalue weighted by Crippen LogP contribution is 2.47. The molecule has 0 unspecified atom stereocenters. The first-order valence-corrected chi connectivity index (χ1v) is 12.8. The quantitative estimate of drug-likeness (QED) is 0.254. The molecule has 1 N–H and O–H groups in total. The number of fused-ring (bicyclic) bond motifs is 1. The molecule has 0 spiro atoms. The summed E-state index contributed by atoms with van der Waals surface area (Å²) >= 11 is 0. The van der Waals surface area contributed by atoms with Gasteiger partial charge in [-0.2, -0.15) is 0 Å². The van der Waals surface area contributed by atoms with E-state index < -0.39 is 29.1 Å². The van der Waals surface area contributed by atoms with Crippen molar-refractivity contribution in [2.24, 2.45) is 10.4 Å². The van der Waals surface area contributed by atoms with Crippen LogP contribution in [0.15, 0.2) is 46.7 Å². The van der Waals surface area contributed by atoms with E-state index in [1.165, 1.54) is 12.0 Å². The van der Waals surface area contributed by atoms with Gasteiger partial charge in [0.2, 0.25) is 5.54 Å². The van der Waals surface area contributed by atoms with Crippen LogP contribution in [0.5, 0.6) is 5.75 Å². The molecule has 2 aliphatic rings. The van der Waals surface area contributed by atoms with Gasteiger partial charge in [0.25, 0.3) is 5.91 Å². The third-order valence-corrected chi connectivity index (χ3v) is 6.34. The molecule has 1 amide bonds. The number of aliphatic hydroxyl groups is 1. The summed E-state index contributed by atoms with van der Waals surface area (Å²) in [7, 11) is 1.24. The van der Waals surface area contributed by atoms with Crippen LogP contribution in [-0.2, 0) is 23.8 Å². The summed E-state index contributed by atoms with van der Waals surface area (Å²) in [6.45, 7) is 10.8. The first-order chi connectivity index (χ1) is 17.5. The zero-order valence-corrected chi connectivity index (χ0v) is 22.8. The molecular weight excluding hydrogens is 476 g/mol. The third-order valence-electron chi connectivity index (χ3n) is 6.34. The largest absolute Gasteiger partial charge is 0.508 e. The van der Waals surface area contributed by atoms with Crippen molar-refractivity contribution in [3.8, 4) is 5.75 Å². The summed E-state index contributed by atoms with van der Waals surface area (Å²) in [6.07, 6.45) is 0.994. The zero-order valence-electron chi connectivity index (χ0n) is 22.8. The lowest BCUT2D eigenvalue weighted by Crippen LogP contribution is -2.56. The molecule has 1 fully saturated rings. The van der Waals surface area contributed by atoms with E-state index in [1.54, 1.807) is 0 Å². The van der Waals surface area contributed by atoms with Crippen LogP contribution in [0.2, 0.25) is 0 Å². The van der Waals surface area contributed by atoms with E-state index in [4.69, 9.17) is 23.9 Å². The zero-order chi connectivity index (χ0) is 27.2. The fourth-order valence-electron chi connectivity index (χ4n) is 4.58. The first-order valence-electron chi connectivity index (χ1n) is 12.8. The molecule has 0 aliphatic carbocycles. The Hall–Kier alpha value is -2.91. The maximum Gasteiger partial charge on any atom is 0.342 e. The lowest BCUT2D eigenvalue weighted by molar-refractivity contribution is -0.158. The molecular formula is C28H40N2O7. The topological polar surface area (TPSA) is 107 Å². The van der Waals surface area contributed by atoms with Crippen LogP contribution in [0.25, 0.3) is 0 Å². The number of nitrogens with zero attached hydrogens (tertiary/aromatic N) is 2. The van der Waals surface area contributed by atoms with Gasteiger partial charge in [-0.05, 0) is 45.2 Å². The monoisotopic (exact) mass is 516 g/mol. The second kappa shape index (κ2) is 12.1. The highest BCUT2D eigenvalue weighted by molar-refractivity contribution is 6.25. The minimum Gasteiger partial charge on any atom is -0.508 e. The molecule has 0 saturated carbocycles. The van der Waals surface area contributed by atoms with Gasteiger partial charge in [0, 0.05) is 18.6 Å². The minimum absolute atomic E-state index is 0.0486. The van der Waals surface area contributed by atoms with Crippen LogP contribution in [0.4, 0.5) is 0 Å². The number of aliphatic imine (C=N–C) groups is 1. The number of carbonyl (C=O) groups excluding carboxylic acids is 2. The van der Waals surface area contributed by atoms with Gasteiger partial charge in [0.05, 0.1) is 32.1 Å². The minimum atomic E-state index is -1.72. The molecule has 9 heteroatoms. The number of hydrogen-bond donors (Lipinski definition) is 1. The highest BCUT2D eigenvalue weighted by atomic mass is 16.6. The van der Waals surface area contributed by atoms with Crippen molar-refractivity contribution >= 4 is 17.6 Å². The normalized spacial score (nSPS) is 22.1. The van der Waals surface area contributed by atoms with Crippen LogP contribution in [0.1, 0.15) is 53.9 Å². The van der Waals surface area contributed by atoms with Crippen molar-refractivity contribution in [3.63, 3.8) is 0 Å². The molecule has 1 aromatic carbocycles. The summed E-state index contributed by atoms with van der Waals surface area (Å²) in [5.74, 6) is -0.836. The van der Waals surface area contributed by atoms with Crippen molar-refractivity contribution in [1.29, 1.82) is 0 Å². The Labute approximate surface area is 219 Å². The highest BCUT2D eigenvalue weighted by Gasteiger charge is 2.67. The van der Waals surface area contributed by atoms with E-state index in [9.17, 15) is 14.7 Å². The Morgan fingerprint density at radius 1 is 1.22 bits per heavy atom. The Kier molecular flexibility index (Phi) is 9.36. The van der Waals surface area contributed by atoms with Crippen molar-refractivity contribution < 1.29 is 33.6 Å². The van der Waals surface area contributed by atoms with Gasteiger partial charge >= 0.3 is 5.97 Å². The number of rotatable bonds is 12. The average molecular weight is 517 g/mol. The van der Waals surface area contributed by atoms with E-state index in [1.807, 2.05) is 65.0 Å². The molecule has 2 aliphatic heterocycles. The molecule has 0 bridgehead atoms. The smallest absolute Gasteiger partial charge is 0.342 e. The van der Waals surface area contributed by atoms with Crippen LogP contribution in [-0.4, -0.2) is 78.9 Å². The molecule has 1 aromatic rings. The fourth-order valence-corrected chi connectivity index (χ4v) is 4.58. The van der Waals surface area contributed by atoms with Crippen LogP contribution >= 0.6 is 0 Å². The van der Waals surface area contributed by atoms with Crippen LogP contribution in [0, 0.1) is 5.41 Å². The number of methoxy groups -OCH3 is 1. The average Bonchev–Trinajstić information content (AvgIpc) is 3.36. The standard InChI is InChI=1S/C28H40N2O7/c1-19(2)35-17-11-15-29-21(14-10-16-36-20-12-8-7-9-13-20)22-23(31)28(26(33)34-6)18-37-25(27(3,4)5)30(28)24(22)32/h7-9,12-13,19,25,31H,10-11,14-18H2,1-6H3/t25-,28-/m1/s1. The number of para-hydroxylation sites is 1. The van der Waals surface area contributed by atoms with Crippen LogP contribution in [0.3, 0.4) is 0 Å². The SMILES string of the molecule is COC(=O)[C@]12CO[C@H](C(C)(C)C)N1C(=O)C(C(CCCOc1ccccc1)=NCCCOC(C)C)=C2O. The second-order valence-corrected chi connectivity index (χ2v) is 10.6. The van der Waals surface area contributed by atoms with E-state index in [-0.39, 0.29) is 24.0 Å². The summed E-state index contributed by atoms with van der Waals surface area (Å²) in [5, 5.41) is 11.4. The number of hydrogen-bond acceptors (Lipinski definition) is 8. The van der Waals surface area contributed by atoms with Gasteiger partial charge in [0.15, 0.2) is 0 Å². The van der Waals surface area contributed by atoms with Crippen molar-refractivity contribution in [2.45, 2.75) is 71.8 Å². The number of carbonyl (C=O) groups is 2. The Balaban J connectivity index is 1.88. The Bertz CT molecular complexity index is 1010. The van der Waals surface area contributed by atoms with Crippen molar-refractivity contribution in [1.82, 2.24) is 4.90 Å². The van der Waals surface area contributed by atoms with Gasteiger partial charge in [-0.15, -0.1) is 0 Å². The fraction of sp³-hybridized carbons (Fsp3) is 0.607. The maximum absolute atomic E-state index is 13.8. The predicted octanol–water partition coefficient (Wildman–Crippen LogP) is 4.07. The van der Waals surface area contributed by atoms with Crippen molar-refractivity contribution in [3.05, 3.63) is 41.7 Å². The van der Waals surface area contributed by atoms with E-state index in [0.29, 0.717) is 44.7 Å². The van der Waals surface area contributed by atoms with Gasteiger partial charge < -0.3 is 24.1 Å². The molecule has 37 heavy (non-hydrogen) atoms. The van der Waals surface area contributed by atoms with E-state index >= 15 is 0 Å². The first kappa shape index (κ1) is 28.7. The van der Waals surface area contributed by atoms with Gasteiger partial charge in [-0.3, -0.25) is 14.7 Å². The molecule has 2 heterocycles. The molecule has 3 rings (SSSR count). The molecule has 2 atom stereocenters. The molecule has 0 aromatic heterocycles. The van der Waals surface area contributed by atoms with Gasteiger partial charge in [0.1, 0.15) is 23.3 Å². The summed E-state index contributed by atoms with van der Waals surface area (Å²) in [5.41, 5.74) is -1.74. The summed E-state index contributed by atoms with van der Waals surface area (Å²) in [4.78, 5) is 32.9. The molecule has 9 nitrogen and oxygen atoms in total. The second-order valence-electron chi connectivity index (χ2n) is 10.6. The summed E-state index contributed by atoms with van der Waals surface area (Å²) < 4.78 is 22.4. The van der Waals surface area contributed by atoms with Gasteiger partial charge in [-0.25, -0.2) is 4.79 Å². The predicted molar refractivity (Wildman–Crippen MR) is 140 cm³/mol. The lowest BCUT2D eigenvalue weighted by Gasteiger charge is -2.36. The Morgan fingerprint density at radius 2 is 1.92 bits per heavy atom. The third kappa shape index (κ3) is 6.15. The van der Waals surface area contributed by atoms with E-state index in [0.717, 1.165) is 5.75 Å². The van der Waals surface area contributed by atoms with Gasteiger partial charge in [-0.1, -0.05) is 39.0 Å². The van der Waals surface area contributed by atoms with E-state index in [2.05, 4.69) is 0 Å². The Morgan fingerprint density at radius 3 is 2.54 bits per heavy atom. The number of amides is 1. The number of esters is 1. The number of ether oxygens (including phenoxy) is 4. The lowest BCUT2D eigenvalue weighted by atomic mass is 9.91. The molecule has 1 saturated heterocycles. The summed E-state index contributed by atoms with van der Waals surface area (Å²) in [6, 6.07) is 9.46. The number of aliphatic hydroxyl groups excluding tert-OH is 1. The van der Waals surface area contributed by atoms with Crippen LogP contribution < -0.4 is 4.74 Å².